The molecule has 1 aliphatic rings. The van der Waals surface area contributed by atoms with Crippen LogP contribution in [0.4, 0.5) is 0 Å². The van der Waals surface area contributed by atoms with Crippen LogP contribution in [0.1, 0.15) is 23.9 Å². The molecule has 5 nitrogen and oxygen atoms in total. The third kappa shape index (κ3) is 2.86. The lowest BCUT2D eigenvalue weighted by atomic mass is 9.99. The molecule has 1 aliphatic heterocycles. The third-order valence-electron chi connectivity index (χ3n) is 3.56. The maximum Gasteiger partial charge on any atom is 0.103 e. The van der Waals surface area contributed by atoms with Gasteiger partial charge in [-0.05, 0) is 12.5 Å². The van der Waals surface area contributed by atoms with Crippen molar-refractivity contribution in [3.63, 3.8) is 0 Å². The Labute approximate surface area is 116 Å². The fourth-order valence-electron chi connectivity index (χ4n) is 2.54. The first-order valence-electron chi connectivity index (χ1n) is 6.52. The molecule has 0 saturated carbocycles. The zero-order valence-electron chi connectivity index (χ0n) is 11.0. The molecule has 0 aliphatic carbocycles. The predicted molar refractivity (Wildman–Crippen MR) is 73.8 cm³/mol. The molecule has 3 rings (SSSR count). The summed E-state index contributed by atoms with van der Waals surface area (Å²) in [6, 6.07) is 2.05. The molecule has 0 spiro atoms. The topological polar surface area (TPSA) is 52.0 Å². The van der Waals surface area contributed by atoms with Gasteiger partial charge in [0.2, 0.25) is 0 Å². The third-order valence-corrected chi connectivity index (χ3v) is 4.20. The minimum Gasteiger partial charge on any atom is -0.372 e. The van der Waals surface area contributed by atoms with Crippen molar-refractivity contribution in [1.82, 2.24) is 20.1 Å². The zero-order chi connectivity index (χ0) is 13.1. The number of hydrogen-bond donors (Lipinski definition) is 1. The van der Waals surface area contributed by atoms with Crippen LogP contribution in [-0.2, 0) is 18.3 Å². The number of hydrogen-bond acceptors (Lipinski definition) is 5. The average Bonchev–Trinajstić information content (AvgIpc) is 3.10. The summed E-state index contributed by atoms with van der Waals surface area (Å²) in [4.78, 5) is 4.27. The fourth-order valence-corrected chi connectivity index (χ4v) is 3.10. The van der Waals surface area contributed by atoms with E-state index in [1.54, 1.807) is 11.3 Å². The van der Waals surface area contributed by atoms with Gasteiger partial charge in [-0.1, -0.05) is 0 Å². The van der Waals surface area contributed by atoms with Crippen molar-refractivity contribution >= 4 is 11.3 Å². The molecule has 3 heterocycles. The smallest absolute Gasteiger partial charge is 0.103 e. The number of rotatable bonds is 5. The van der Waals surface area contributed by atoms with E-state index in [1.807, 2.05) is 29.5 Å². The molecule has 0 bridgehead atoms. The van der Waals surface area contributed by atoms with Crippen LogP contribution >= 0.6 is 11.3 Å². The Kier molecular flexibility index (Phi) is 3.91. The van der Waals surface area contributed by atoms with Gasteiger partial charge in [0.15, 0.2) is 0 Å². The van der Waals surface area contributed by atoms with Crippen molar-refractivity contribution in [2.75, 3.05) is 13.2 Å². The molecular formula is C13H18N4OS. The molecule has 0 amide bonds. The van der Waals surface area contributed by atoms with Gasteiger partial charge < -0.3 is 10.1 Å². The summed E-state index contributed by atoms with van der Waals surface area (Å²) >= 11 is 1.64. The van der Waals surface area contributed by atoms with E-state index in [1.165, 1.54) is 0 Å². The highest BCUT2D eigenvalue weighted by Gasteiger charge is 2.31. The molecule has 1 fully saturated rings. The normalized spacial score (nSPS) is 23.0. The van der Waals surface area contributed by atoms with Crippen LogP contribution in [-0.4, -0.2) is 27.9 Å². The summed E-state index contributed by atoms with van der Waals surface area (Å²) in [5.74, 6) is 0.508. The lowest BCUT2D eigenvalue weighted by Gasteiger charge is -2.19. The lowest BCUT2D eigenvalue weighted by molar-refractivity contribution is 0.0837. The molecule has 2 atom stereocenters. The Morgan fingerprint density at radius 2 is 2.53 bits per heavy atom. The van der Waals surface area contributed by atoms with Gasteiger partial charge in [0.1, 0.15) is 6.10 Å². The Morgan fingerprint density at radius 3 is 3.26 bits per heavy atom. The Morgan fingerprint density at radius 1 is 1.58 bits per heavy atom. The molecular weight excluding hydrogens is 260 g/mol. The van der Waals surface area contributed by atoms with Gasteiger partial charge in [0, 0.05) is 44.2 Å². The summed E-state index contributed by atoms with van der Waals surface area (Å²) in [5.41, 5.74) is 4.15. The van der Waals surface area contributed by atoms with Crippen molar-refractivity contribution in [3.8, 4) is 0 Å². The SMILES string of the molecule is Cn1nccc1[C@@H]1OCC[C@H]1CNCc1cscn1. The van der Waals surface area contributed by atoms with Crippen LogP contribution < -0.4 is 5.32 Å². The summed E-state index contributed by atoms with van der Waals surface area (Å²) in [6.45, 7) is 2.62. The van der Waals surface area contributed by atoms with Crippen molar-refractivity contribution in [3.05, 3.63) is 34.5 Å². The Balaban J connectivity index is 1.56. The highest BCUT2D eigenvalue weighted by Crippen LogP contribution is 2.33. The molecule has 19 heavy (non-hydrogen) atoms. The minimum atomic E-state index is 0.162. The first-order chi connectivity index (χ1) is 9.34. The van der Waals surface area contributed by atoms with E-state index >= 15 is 0 Å². The number of aryl methyl sites for hydroxylation is 1. The van der Waals surface area contributed by atoms with E-state index in [0.29, 0.717) is 5.92 Å². The number of nitrogens with one attached hydrogen (secondary N) is 1. The average molecular weight is 278 g/mol. The van der Waals surface area contributed by atoms with Crippen molar-refractivity contribution < 1.29 is 4.74 Å². The molecule has 1 saturated heterocycles. The van der Waals surface area contributed by atoms with Gasteiger partial charge in [-0.25, -0.2) is 4.98 Å². The molecule has 0 unspecified atom stereocenters. The molecule has 6 heteroatoms. The molecule has 102 valence electrons. The van der Waals surface area contributed by atoms with E-state index in [9.17, 15) is 0 Å². The van der Waals surface area contributed by atoms with Crippen molar-refractivity contribution in [1.29, 1.82) is 0 Å². The van der Waals surface area contributed by atoms with E-state index in [2.05, 4.69) is 20.8 Å². The molecule has 2 aromatic rings. The van der Waals surface area contributed by atoms with Crippen LogP contribution in [0.2, 0.25) is 0 Å². The Bertz CT molecular complexity index is 510. The second kappa shape index (κ2) is 5.81. The van der Waals surface area contributed by atoms with Gasteiger partial charge in [-0.2, -0.15) is 5.10 Å². The lowest BCUT2D eigenvalue weighted by Crippen LogP contribution is -2.25. The molecule has 1 N–H and O–H groups in total. The first-order valence-corrected chi connectivity index (χ1v) is 7.46. The van der Waals surface area contributed by atoms with Crippen LogP contribution in [0.3, 0.4) is 0 Å². The van der Waals surface area contributed by atoms with Crippen molar-refractivity contribution in [2.45, 2.75) is 19.1 Å². The second-order valence-electron chi connectivity index (χ2n) is 4.83. The molecule has 0 radical (unpaired) electrons. The largest absolute Gasteiger partial charge is 0.372 e. The van der Waals surface area contributed by atoms with Gasteiger partial charge in [-0.3, -0.25) is 4.68 Å². The van der Waals surface area contributed by atoms with E-state index in [0.717, 1.165) is 37.5 Å². The Hall–Kier alpha value is -1.24. The predicted octanol–water partition coefficient (Wildman–Crippen LogP) is 1.74. The van der Waals surface area contributed by atoms with E-state index < -0.39 is 0 Å². The summed E-state index contributed by atoms with van der Waals surface area (Å²) in [5, 5.41) is 9.78. The summed E-state index contributed by atoms with van der Waals surface area (Å²) in [7, 11) is 1.97. The summed E-state index contributed by atoms with van der Waals surface area (Å²) in [6.07, 6.45) is 3.09. The number of ether oxygens (including phenoxy) is 1. The number of nitrogens with zero attached hydrogens (tertiary/aromatic N) is 3. The highest BCUT2D eigenvalue weighted by molar-refractivity contribution is 7.07. The van der Waals surface area contributed by atoms with E-state index in [4.69, 9.17) is 4.74 Å². The van der Waals surface area contributed by atoms with Gasteiger partial charge in [0.25, 0.3) is 0 Å². The highest BCUT2D eigenvalue weighted by atomic mass is 32.1. The fraction of sp³-hybridized carbons (Fsp3) is 0.538. The quantitative estimate of drug-likeness (QED) is 0.905. The van der Waals surface area contributed by atoms with Crippen LogP contribution in [0.15, 0.2) is 23.2 Å². The monoisotopic (exact) mass is 278 g/mol. The summed E-state index contributed by atoms with van der Waals surface area (Å²) < 4.78 is 7.77. The zero-order valence-corrected chi connectivity index (χ0v) is 11.8. The number of thiazole rings is 1. The second-order valence-corrected chi connectivity index (χ2v) is 5.55. The standard InChI is InChI=1S/C13H18N4OS/c1-17-12(2-4-16-17)13-10(3-5-18-13)6-14-7-11-8-19-9-15-11/h2,4,8-10,13-14H,3,5-7H2,1H3/t10-,13+/m0/s1. The van der Waals surface area contributed by atoms with Gasteiger partial charge in [-0.15, -0.1) is 11.3 Å². The minimum absolute atomic E-state index is 0.162. The maximum atomic E-state index is 5.86. The number of aromatic nitrogens is 3. The molecule has 2 aromatic heterocycles. The van der Waals surface area contributed by atoms with Crippen molar-refractivity contribution in [2.24, 2.45) is 13.0 Å². The first kappa shape index (κ1) is 12.8. The van der Waals surface area contributed by atoms with Crippen LogP contribution in [0.25, 0.3) is 0 Å². The van der Waals surface area contributed by atoms with Crippen LogP contribution in [0, 0.1) is 5.92 Å². The maximum absolute atomic E-state index is 5.86. The van der Waals surface area contributed by atoms with E-state index in [-0.39, 0.29) is 6.10 Å². The van der Waals surface area contributed by atoms with Crippen LogP contribution in [0.5, 0.6) is 0 Å². The molecule has 0 aromatic carbocycles. The van der Waals surface area contributed by atoms with Gasteiger partial charge >= 0.3 is 0 Å². The van der Waals surface area contributed by atoms with Gasteiger partial charge in [0.05, 0.1) is 16.9 Å².